The van der Waals surface area contributed by atoms with E-state index < -0.39 is 11.8 Å². The monoisotopic (exact) mass is 401 g/mol. The van der Waals surface area contributed by atoms with E-state index >= 15 is 0 Å². The van der Waals surface area contributed by atoms with Crippen molar-refractivity contribution in [2.45, 2.75) is 12.8 Å². The number of amides is 2. The summed E-state index contributed by atoms with van der Waals surface area (Å²) in [5, 5.41) is 8.85. The van der Waals surface area contributed by atoms with Gasteiger partial charge in [0.05, 0.1) is 11.8 Å². The van der Waals surface area contributed by atoms with Crippen LogP contribution in [0.5, 0.6) is 0 Å². The summed E-state index contributed by atoms with van der Waals surface area (Å²) in [5.41, 5.74) is 1.87. The van der Waals surface area contributed by atoms with Gasteiger partial charge in [-0.2, -0.15) is 0 Å². The van der Waals surface area contributed by atoms with Crippen LogP contribution in [0.1, 0.15) is 11.1 Å². The molecule has 1 fully saturated rings. The van der Waals surface area contributed by atoms with E-state index in [0.717, 1.165) is 11.1 Å². The minimum absolute atomic E-state index is 0.157. The Balaban J connectivity index is 1.42. The van der Waals surface area contributed by atoms with Gasteiger partial charge in [0.1, 0.15) is 11.6 Å². The van der Waals surface area contributed by atoms with Crippen LogP contribution in [0, 0.1) is 23.5 Å². The molecule has 2 aromatic carbocycles. The van der Waals surface area contributed by atoms with Crippen LogP contribution in [0.25, 0.3) is 0 Å². The number of rotatable bonds is 8. The van der Waals surface area contributed by atoms with Gasteiger partial charge in [-0.3, -0.25) is 9.59 Å². The molecule has 0 aliphatic carbocycles. The zero-order valence-corrected chi connectivity index (χ0v) is 16.1. The number of nitrogens with one attached hydrogen (secondary N) is 3. The summed E-state index contributed by atoms with van der Waals surface area (Å²) in [6.07, 6.45) is 1.20. The Kier molecular flexibility index (Phi) is 7.30. The first-order valence-electron chi connectivity index (χ1n) is 9.78. The molecule has 0 bridgehead atoms. The van der Waals surface area contributed by atoms with E-state index in [1.165, 1.54) is 24.3 Å². The van der Waals surface area contributed by atoms with Crippen LogP contribution in [0.15, 0.2) is 48.5 Å². The predicted molar refractivity (Wildman–Crippen MR) is 106 cm³/mol. The Bertz CT molecular complexity index is 755. The molecule has 0 aromatic heterocycles. The molecule has 1 saturated heterocycles. The summed E-state index contributed by atoms with van der Waals surface area (Å²) in [5.74, 6) is -1.74. The molecule has 2 unspecified atom stereocenters. The summed E-state index contributed by atoms with van der Waals surface area (Å²) in [7, 11) is 0. The van der Waals surface area contributed by atoms with E-state index in [2.05, 4.69) is 16.0 Å². The molecule has 5 nitrogen and oxygen atoms in total. The Hall–Kier alpha value is -2.80. The Morgan fingerprint density at radius 2 is 1.14 bits per heavy atom. The topological polar surface area (TPSA) is 70.2 Å². The van der Waals surface area contributed by atoms with Crippen LogP contribution in [0.4, 0.5) is 8.78 Å². The molecule has 1 aliphatic rings. The standard InChI is InChI=1S/C22H25F2N3O2/c23-17-5-1-15(2-6-17)9-11-26-21(28)19-13-25-14-20(19)22(29)27-12-10-16-3-7-18(24)8-4-16/h1-8,19-20,25H,9-14H2,(H,26,28)(H,27,29). The second-order valence-electron chi connectivity index (χ2n) is 7.21. The van der Waals surface area contributed by atoms with Gasteiger partial charge in [-0.1, -0.05) is 24.3 Å². The maximum atomic E-state index is 12.9. The van der Waals surface area contributed by atoms with Crippen molar-refractivity contribution in [3.8, 4) is 0 Å². The maximum Gasteiger partial charge on any atom is 0.225 e. The minimum atomic E-state index is -0.422. The van der Waals surface area contributed by atoms with E-state index in [4.69, 9.17) is 0 Å². The van der Waals surface area contributed by atoms with Crippen LogP contribution < -0.4 is 16.0 Å². The predicted octanol–water partition coefficient (Wildman–Crippen LogP) is 1.82. The van der Waals surface area contributed by atoms with Crippen LogP contribution in [-0.2, 0) is 22.4 Å². The molecule has 7 heteroatoms. The largest absolute Gasteiger partial charge is 0.355 e. The lowest BCUT2D eigenvalue weighted by atomic mass is 9.94. The minimum Gasteiger partial charge on any atom is -0.355 e. The van der Waals surface area contributed by atoms with Crippen LogP contribution in [-0.4, -0.2) is 38.0 Å². The second kappa shape index (κ2) is 10.1. The van der Waals surface area contributed by atoms with Crippen molar-refractivity contribution in [3.05, 3.63) is 71.3 Å². The van der Waals surface area contributed by atoms with Gasteiger partial charge in [-0.05, 0) is 48.2 Å². The lowest BCUT2D eigenvalue weighted by molar-refractivity contribution is -0.132. The Morgan fingerprint density at radius 1 is 0.759 bits per heavy atom. The van der Waals surface area contributed by atoms with E-state index in [-0.39, 0.29) is 23.4 Å². The highest BCUT2D eigenvalue weighted by molar-refractivity contribution is 5.88. The molecule has 0 spiro atoms. The highest BCUT2D eigenvalue weighted by Crippen LogP contribution is 2.17. The van der Waals surface area contributed by atoms with Gasteiger partial charge >= 0.3 is 0 Å². The van der Waals surface area contributed by atoms with Crippen molar-refractivity contribution >= 4 is 11.8 Å². The van der Waals surface area contributed by atoms with Crippen molar-refractivity contribution in [3.63, 3.8) is 0 Å². The zero-order valence-electron chi connectivity index (χ0n) is 16.1. The van der Waals surface area contributed by atoms with Crippen LogP contribution in [0.2, 0.25) is 0 Å². The second-order valence-corrected chi connectivity index (χ2v) is 7.21. The molecule has 3 rings (SSSR count). The SMILES string of the molecule is O=C(NCCc1ccc(F)cc1)C1CNCC1C(=O)NCCc1ccc(F)cc1. The van der Waals surface area contributed by atoms with Crippen molar-refractivity contribution in [2.75, 3.05) is 26.2 Å². The normalized spacial score (nSPS) is 18.4. The smallest absolute Gasteiger partial charge is 0.225 e. The zero-order chi connectivity index (χ0) is 20.6. The summed E-state index contributed by atoms with van der Waals surface area (Å²) < 4.78 is 25.9. The number of benzene rings is 2. The van der Waals surface area contributed by atoms with E-state index in [1.807, 2.05) is 0 Å². The molecular weight excluding hydrogens is 376 g/mol. The summed E-state index contributed by atoms with van der Waals surface area (Å²) in [4.78, 5) is 25.0. The third-order valence-electron chi connectivity index (χ3n) is 5.14. The number of halogens is 2. The number of hydrogen-bond acceptors (Lipinski definition) is 3. The molecule has 0 radical (unpaired) electrons. The van der Waals surface area contributed by atoms with E-state index in [9.17, 15) is 18.4 Å². The summed E-state index contributed by atoms with van der Waals surface area (Å²) >= 11 is 0. The lowest BCUT2D eigenvalue weighted by Crippen LogP contribution is -2.42. The molecule has 2 amide bonds. The van der Waals surface area contributed by atoms with Crippen molar-refractivity contribution < 1.29 is 18.4 Å². The van der Waals surface area contributed by atoms with Crippen LogP contribution in [0.3, 0.4) is 0 Å². The molecule has 2 aromatic rings. The average molecular weight is 401 g/mol. The van der Waals surface area contributed by atoms with E-state index in [1.54, 1.807) is 24.3 Å². The third kappa shape index (κ3) is 6.09. The fourth-order valence-corrected chi connectivity index (χ4v) is 3.45. The first kappa shape index (κ1) is 20.9. The van der Waals surface area contributed by atoms with Gasteiger partial charge in [0, 0.05) is 26.2 Å². The first-order valence-corrected chi connectivity index (χ1v) is 9.78. The molecule has 1 aliphatic heterocycles. The quantitative estimate of drug-likeness (QED) is 0.632. The van der Waals surface area contributed by atoms with Gasteiger partial charge in [-0.25, -0.2) is 8.78 Å². The molecule has 1 heterocycles. The Labute approximate surface area is 168 Å². The summed E-state index contributed by atoms with van der Waals surface area (Å²) in [6.45, 7) is 1.77. The number of hydrogen-bond donors (Lipinski definition) is 3. The van der Waals surface area contributed by atoms with Gasteiger partial charge in [0.15, 0.2) is 0 Å². The third-order valence-corrected chi connectivity index (χ3v) is 5.14. The summed E-state index contributed by atoms with van der Waals surface area (Å²) in [6, 6.07) is 12.3. The van der Waals surface area contributed by atoms with E-state index in [0.29, 0.717) is 39.0 Å². The fourth-order valence-electron chi connectivity index (χ4n) is 3.45. The van der Waals surface area contributed by atoms with Gasteiger partial charge in [0.2, 0.25) is 11.8 Å². The average Bonchev–Trinajstić information content (AvgIpc) is 3.21. The molecule has 29 heavy (non-hydrogen) atoms. The molecule has 2 atom stereocenters. The fraction of sp³-hybridized carbons (Fsp3) is 0.364. The first-order chi connectivity index (χ1) is 14.0. The van der Waals surface area contributed by atoms with Crippen molar-refractivity contribution in [2.24, 2.45) is 11.8 Å². The maximum absolute atomic E-state index is 12.9. The van der Waals surface area contributed by atoms with Gasteiger partial charge in [-0.15, -0.1) is 0 Å². The highest BCUT2D eigenvalue weighted by atomic mass is 19.1. The molecule has 3 N–H and O–H groups in total. The van der Waals surface area contributed by atoms with Gasteiger partial charge in [0.25, 0.3) is 0 Å². The Morgan fingerprint density at radius 3 is 1.52 bits per heavy atom. The molecule has 154 valence electrons. The highest BCUT2D eigenvalue weighted by Gasteiger charge is 2.37. The van der Waals surface area contributed by atoms with Crippen LogP contribution >= 0.6 is 0 Å². The lowest BCUT2D eigenvalue weighted by Gasteiger charge is -2.18. The molecule has 0 saturated carbocycles. The molecular formula is C22H25F2N3O2. The van der Waals surface area contributed by atoms with Crippen molar-refractivity contribution in [1.29, 1.82) is 0 Å². The number of carbonyl (C=O) groups excluding carboxylic acids is 2. The van der Waals surface area contributed by atoms with Gasteiger partial charge < -0.3 is 16.0 Å². The van der Waals surface area contributed by atoms with Crippen molar-refractivity contribution in [1.82, 2.24) is 16.0 Å². The number of carbonyl (C=O) groups is 2.